The van der Waals surface area contributed by atoms with Crippen LogP contribution in [0.2, 0.25) is 0 Å². The van der Waals surface area contributed by atoms with E-state index in [1.165, 1.54) is 4.73 Å². The molecule has 0 aliphatic heterocycles. The molecule has 2 N–H and O–H groups in total. The lowest BCUT2D eigenvalue weighted by Crippen LogP contribution is -2.15. The highest BCUT2D eigenvalue weighted by Crippen LogP contribution is 2.12. The number of hydrogen-bond donors (Lipinski definition) is 2. The average molecular weight is 259 g/mol. The molecule has 0 aliphatic rings. The van der Waals surface area contributed by atoms with Crippen molar-refractivity contribution in [2.75, 3.05) is 26.4 Å². The van der Waals surface area contributed by atoms with Crippen molar-refractivity contribution in [3.63, 3.8) is 0 Å². The van der Waals surface area contributed by atoms with E-state index in [0.717, 1.165) is 0 Å². The van der Waals surface area contributed by atoms with Crippen LogP contribution in [0.5, 0.6) is 5.75 Å². The van der Waals surface area contributed by atoms with Gasteiger partial charge in [-0.3, -0.25) is 0 Å². The third kappa shape index (κ3) is 4.72. The van der Waals surface area contributed by atoms with Crippen molar-refractivity contribution in [1.29, 1.82) is 0 Å². The van der Waals surface area contributed by atoms with Gasteiger partial charge in [0.2, 0.25) is 0 Å². The lowest BCUT2D eigenvalue weighted by atomic mass is 10.4. The maximum Gasteiger partial charge on any atom is 0.184 e. The Labute approximate surface area is 105 Å². The zero-order chi connectivity index (χ0) is 12.5. The van der Waals surface area contributed by atoms with Gasteiger partial charge >= 0.3 is 0 Å². The minimum absolute atomic E-state index is 0.0833. The van der Waals surface area contributed by atoms with E-state index in [9.17, 15) is 0 Å². The summed E-state index contributed by atoms with van der Waals surface area (Å²) in [6, 6.07) is 3.52. The summed E-state index contributed by atoms with van der Waals surface area (Å²) in [6.45, 7) is 0.984. The number of aliphatic hydroxyl groups excluding tert-OH is 2. The second kappa shape index (κ2) is 8.05. The zero-order valence-corrected chi connectivity index (χ0v) is 10.4. The largest absolute Gasteiger partial charge is 0.490 e. The molecule has 1 heterocycles. The normalized spacial score (nSPS) is 10.2. The molecule has 6 heteroatoms. The number of ether oxygens (including phenoxy) is 1. The molecule has 0 atom stereocenters. The van der Waals surface area contributed by atoms with Crippen molar-refractivity contribution in [3.8, 4) is 5.75 Å². The summed E-state index contributed by atoms with van der Waals surface area (Å²) in [5, 5.41) is 17.3. The molecule has 0 saturated carbocycles. The van der Waals surface area contributed by atoms with Crippen LogP contribution in [0.1, 0.15) is 12.8 Å². The van der Waals surface area contributed by atoms with Crippen LogP contribution >= 0.6 is 12.2 Å². The van der Waals surface area contributed by atoms with Crippen LogP contribution in [0.25, 0.3) is 0 Å². The van der Waals surface area contributed by atoms with Crippen LogP contribution in [-0.2, 0) is 0 Å². The quantitative estimate of drug-likeness (QED) is 0.534. The van der Waals surface area contributed by atoms with Crippen molar-refractivity contribution >= 4 is 12.2 Å². The van der Waals surface area contributed by atoms with Crippen molar-refractivity contribution in [2.24, 2.45) is 0 Å². The number of aliphatic hydroxyl groups is 2. The predicted molar refractivity (Wildman–Crippen MR) is 65.6 cm³/mol. The minimum atomic E-state index is 0.0833. The molecule has 1 aromatic heterocycles. The standard InChI is InChI=1S/C11H17NO4S/c13-6-2-8-15-10-4-1-5-12(11(10)17)16-9-3-7-14/h1,4-5,13-14H,2-3,6-9H2. The minimum Gasteiger partial charge on any atom is -0.490 e. The number of pyridine rings is 1. The lowest BCUT2D eigenvalue weighted by molar-refractivity contribution is 0.0896. The fourth-order valence-electron chi connectivity index (χ4n) is 1.14. The first-order chi connectivity index (χ1) is 8.29. The Hall–Kier alpha value is -1.11. The number of nitrogens with zero attached hydrogens (tertiary/aromatic N) is 1. The van der Waals surface area contributed by atoms with Crippen LogP contribution in [0.4, 0.5) is 0 Å². The topological polar surface area (TPSA) is 63.9 Å². The summed E-state index contributed by atoms with van der Waals surface area (Å²) in [6.07, 6.45) is 2.81. The first-order valence-corrected chi connectivity index (χ1v) is 5.90. The van der Waals surface area contributed by atoms with E-state index in [4.69, 9.17) is 32.0 Å². The van der Waals surface area contributed by atoms with Crippen LogP contribution in [0.3, 0.4) is 0 Å². The maximum absolute atomic E-state index is 8.65. The molecule has 0 amide bonds. The first-order valence-electron chi connectivity index (χ1n) is 5.49. The Morgan fingerprint density at radius 1 is 1.18 bits per heavy atom. The summed E-state index contributed by atoms with van der Waals surface area (Å²) in [5.74, 6) is 0.556. The summed E-state index contributed by atoms with van der Waals surface area (Å²) in [7, 11) is 0. The van der Waals surface area contributed by atoms with Gasteiger partial charge in [-0.25, -0.2) is 0 Å². The van der Waals surface area contributed by atoms with E-state index < -0.39 is 0 Å². The van der Waals surface area contributed by atoms with Gasteiger partial charge in [-0.15, -0.1) is 0 Å². The number of rotatable bonds is 8. The SMILES string of the molecule is OCCCOc1cccn(OCCCO)c1=S. The van der Waals surface area contributed by atoms with Gasteiger partial charge in [-0.05, 0) is 12.1 Å². The monoisotopic (exact) mass is 259 g/mol. The summed E-state index contributed by atoms with van der Waals surface area (Å²) < 4.78 is 7.30. The van der Waals surface area contributed by atoms with Gasteiger partial charge in [0.1, 0.15) is 6.61 Å². The van der Waals surface area contributed by atoms with Crippen molar-refractivity contribution < 1.29 is 19.8 Å². The lowest BCUT2D eigenvalue weighted by Gasteiger charge is -2.11. The zero-order valence-electron chi connectivity index (χ0n) is 9.54. The van der Waals surface area contributed by atoms with Gasteiger partial charge in [-0.2, -0.15) is 4.73 Å². The molecule has 1 rings (SSSR count). The van der Waals surface area contributed by atoms with E-state index in [1.54, 1.807) is 18.3 Å². The van der Waals surface area contributed by atoms with Crippen LogP contribution in [-0.4, -0.2) is 41.4 Å². The van der Waals surface area contributed by atoms with Gasteiger partial charge in [0.15, 0.2) is 10.4 Å². The predicted octanol–water partition coefficient (Wildman–Crippen LogP) is 0.790. The molecule has 0 aliphatic carbocycles. The van der Waals surface area contributed by atoms with Gasteiger partial charge in [0.05, 0.1) is 6.61 Å². The van der Waals surface area contributed by atoms with Crippen LogP contribution < -0.4 is 9.57 Å². The summed E-state index contributed by atoms with van der Waals surface area (Å²) >= 11 is 5.18. The number of aromatic nitrogens is 1. The van der Waals surface area contributed by atoms with E-state index >= 15 is 0 Å². The molecule has 0 fully saturated rings. The molecule has 0 saturated heterocycles. The third-order valence-corrected chi connectivity index (χ3v) is 2.35. The van der Waals surface area contributed by atoms with Crippen molar-refractivity contribution in [3.05, 3.63) is 23.0 Å². The first kappa shape index (κ1) is 14.0. The molecule has 0 spiro atoms. The van der Waals surface area contributed by atoms with Crippen molar-refractivity contribution in [2.45, 2.75) is 12.8 Å². The molecule has 1 aromatic rings. The van der Waals surface area contributed by atoms with E-state index in [-0.39, 0.29) is 13.2 Å². The molecule has 0 radical (unpaired) electrons. The summed E-state index contributed by atoms with van der Waals surface area (Å²) in [5.41, 5.74) is 0. The molecule has 0 bridgehead atoms. The fraction of sp³-hybridized carbons (Fsp3) is 0.545. The van der Waals surface area contributed by atoms with E-state index in [1.807, 2.05) is 0 Å². The molecular weight excluding hydrogens is 242 g/mol. The Morgan fingerprint density at radius 3 is 2.59 bits per heavy atom. The molecule has 5 nitrogen and oxygen atoms in total. The Morgan fingerprint density at radius 2 is 1.88 bits per heavy atom. The maximum atomic E-state index is 8.65. The Balaban J connectivity index is 2.60. The third-order valence-electron chi connectivity index (χ3n) is 1.97. The molecule has 96 valence electrons. The second-order valence-electron chi connectivity index (χ2n) is 3.34. The van der Waals surface area contributed by atoms with Crippen LogP contribution in [0, 0.1) is 4.64 Å². The molecule has 0 unspecified atom stereocenters. The van der Waals surface area contributed by atoms with Gasteiger partial charge in [0, 0.05) is 32.3 Å². The number of hydrogen-bond acceptors (Lipinski definition) is 5. The molecule has 17 heavy (non-hydrogen) atoms. The van der Waals surface area contributed by atoms with Crippen molar-refractivity contribution in [1.82, 2.24) is 4.73 Å². The van der Waals surface area contributed by atoms with Gasteiger partial charge in [-0.1, -0.05) is 12.2 Å². The summed E-state index contributed by atoms with van der Waals surface area (Å²) in [4.78, 5) is 5.35. The molecule has 0 aromatic carbocycles. The van der Waals surface area contributed by atoms with Crippen LogP contribution in [0.15, 0.2) is 18.3 Å². The second-order valence-corrected chi connectivity index (χ2v) is 3.73. The molecular formula is C11H17NO4S. The highest BCUT2D eigenvalue weighted by atomic mass is 32.1. The smallest absolute Gasteiger partial charge is 0.184 e. The van der Waals surface area contributed by atoms with E-state index in [0.29, 0.717) is 36.4 Å². The fourth-order valence-corrected chi connectivity index (χ4v) is 1.38. The highest BCUT2D eigenvalue weighted by Gasteiger charge is 2.01. The highest BCUT2D eigenvalue weighted by molar-refractivity contribution is 7.71. The van der Waals surface area contributed by atoms with Gasteiger partial charge < -0.3 is 19.8 Å². The Kier molecular flexibility index (Phi) is 6.61. The Bertz CT molecular complexity index is 349. The average Bonchev–Trinajstić information content (AvgIpc) is 2.34. The van der Waals surface area contributed by atoms with E-state index in [2.05, 4.69) is 0 Å². The van der Waals surface area contributed by atoms with Gasteiger partial charge in [0.25, 0.3) is 0 Å².